The highest BCUT2D eigenvalue weighted by Crippen LogP contribution is 2.35. The van der Waals surface area contributed by atoms with E-state index in [1.807, 2.05) is 12.1 Å². The molecule has 1 heterocycles. The maximum atomic E-state index is 12.6. The second-order valence-corrected chi connectivity index (χ2v) is 5.57. The molecule has 4 nitrogen and oxygen atoms in total. The number of aromatic nitrogens is 1. The molecule has 2 rings (SSSR count). The second-order valence-electron chi connectivity index (χ2n) is 5.13. The number of hydrogen-bond donors (Lipinski definition) is 1. The summed E-state index contributed by atoms with van der Waals surface area (Å²) in [6.45, 7) is 9.47. The predicted molar refractivity (Wildman–Crippen MR) is 96.6 cm³/mol. The van der Waals surface area contributed by atoms with Crippen LogP contribution in [0.2, 0.25) is 5.02 Å². The lowest BCUT2D eigenvalue weighted by Gasteiger charge is -2.19. The molecule has 0 saturated heterocycles. The van der Waals surface area contributed by atoms with Gasteiger partial charge in [0, 0.05) is 17.6 Å². The summed E-state index contributed by atoms with van der Waals surface area (Å²) in [5.41, 5.74) is 3.01. The van der Waals surface area contributed by atoms with Gasteiger partial charge in [-0.2, -0.15) is 0 Å². The summed E-state index contributed by atoms with van der Waals surface area (Å²) < 4.78 is 1.40. The van der Waals surface area contributed by atoms with Crippen molar-refractivity contribution < 1.29 is 4.79 Å². The van der Waals surface area contributed by atoms with Crippen molar-refractivity contribution in [2.24, 2.45) is 7.05 Å². The SMILES string of the molecule is C=Cc1c(-c2ccc(Cl)cc2)c(NC=O)n(C)c(=O)c1C(=C)C. The van der Waals surface area contributed by atoms with E-state index in [1.165, 1.54) is 4.57 Å². The third kappa shape index (κ3) is 2.98. The molecule has 1 aromatic carbocycles. The van der Waals surface area contributed by atoms with Crippen LogP contribution in [-0.4, -0.2) is 11.0 Å². The van der Waals surface area contributed by atoms with E-state index >= 15 is 0 Å². The minimum Gasteiger partial charge on any atom is -0.314 e. The number of carbonyl (C=O) groups excluding carboxylic acids is 1. The monoisotopic (exact) mass is 328 g/mol. The summed E-state index contributed by atoms with van der Waals surface area (Å²) >= 11 is 5.95. The van der Waals surface area contributed by atoms with Crippen molar-refractivity contribution in [1.29, 1.82) is 0 Å². The normalized spacial score (nSPS) is 10.2. The fourth-order valence-electron chi connectivity index (χ4n) is 2.55. The number of halogens is 1. The van der Waals surface area contributed by atoms with Crippen molar-refractivity contribution in [2.45, 2.75) is 6.92 Å². The average molecular weight is 329 g/mol. The molecule has 0 radical (unpaired) electrons. The fourth-order valence-corrected chi connectivity index (χ4v) is 2.68. The molecular weight excluding hydrogens is 312 g/mol. The zero-order valence-corrected chi connectivity index (χ0v) is 13.8. The molecule has 1 N–H and O–H groups in total. The number of benzene rings is 1. The molecule has 0 saturated carbocycles. The Hall–Kier alpha value is -2.59. The Morgan fingerprint density at radius 3 is 2.39 bits per heavy atom. The van der Waals surface area contributed by atoms with Crippen LogP contribution >= 0.6 is 11.6 Å². The number of amides is 1. The van der Waals surface area contributed by atoms with Gasteiger partial charge in [0.25, 0.3) is 5.56 Å². The minimum absolute atomic E-state index is 0.241. The first-order chi connectivity index (χ1) is 10.9. The Morgan fingerprint density at radius 2 is 1.91 bits per heavy atom. The molecule has 2 aromatic rings. The molecule has 0 spiro atoms. The van der Waals surface area contributed by atoms with Gasteiger partial charge in [0.2, 0.25) is 6.41 Å². The zero-order valence-electron chi connectivity index (χ0n) is 13.0. The lowest BCUT2D eigenvalue weighted by atomic mass is 9.93. The average Bonchev–Trinajstić information content (AvgIpc) is 2.52. The minimum atomic E-state index is -0.241. The van der Waals surface area contributed by atoms with Crippen molar-refractivity contribution in [2.75, 3.05) is 5.32 Å². The van der Waals surface area contributed by atoms with E-state index in [2.05, 4.69) is 18.5 Å². The van der Waals surface area contributed by atoms with Crippen LogP contribution in [0, 0.1) is 0 Å². The van der Waals surface area contributed by atoms with Gasteiger partial charge in [-0.15, -0.1) is 0 Å². The number of carbonyl (C=O) groups is 1. The Labute approximate surface area is 139 Å². The van der Waals surface area contributed by atoms with Gasteiger partial charge in [-0.05, 0) is 35.8 Å². The molecule has 1 aromatic heterocycles. The highest BCUT2D eigenvalue weighted by atomic mass is 35.5. The molecule has 0 aliphatic rings. The number of rotatable bonds is 5. The van der Waals surface area contributed by atoms with Crippen LogP contribution in [0.4, 0.5) is 5.82 Å². The molecule has 0 aliphatic carbocycles. The molecule has 118 valence electrons. The number of nitrogens with zero attached hydrogens (tertiary/aromatic N) is 1. The van der Waals surface area contributed by atoms with Gasteiger partial charge < -0.3 is 5.32 Å². The van der Waals surface area contributed by atoms with Gasteiger partial charge in [-0.25, -0.2) is 0 Å². The smallest absolute Gasteiger partial charge is 0.260 e. The molecule has 0 atom stereocenters. The first-order valence-corrected chi connectivity index (χ1v) is 7.31. The van der Waals surface area contributed by atoms with Crippen molar-refractivity contribution in [3.05, 3.63) is 63.9 Å². The highest BCUT2D eigenvalue weighted by molar-refractivity contribution is 6.30. The summed E-state index contributed by atoms with van der Waals surface area (Å²) in [5.74, 6) is 0.396. The first kappa shape index (κ1) is 16.8. The number of hydrogen-bond acceptors (Lipinski definition) is 2. The fraction of sp³-hybridized carbons (Fsp3) is 0.111. The first-order valence-electron chi connectivity index (χ1n) is 6.93. The molecule has 5 heteroatoms. The molecular formula is C18H17ClN2O2. The van der Waals surface area contributed by atoms with E-state index in [0.717, 1.165) is 5.56 Å². The summed E-state index contributed by atoms with van der Waals surface area (Å²) in [5, 5.41) is 3.21. The summed E-state index contributed by atoms with van der Waals surface area (Å²) in [6, 6.07) is 7.15. The summed E-state index contributed by atoms with van der Waals surface area (Å²) in [7, 11) is 1.60. The van der Waals surface area contributed by atoms with Crippen molar-refractivity contribution in [3.8, 4) is 11.1 Å². The topological polar surface area (TPSA) is 51.1 Å². The maximum Gasteiger partial charge on any atom is 0.260 e. The zero-order chi connectivity index (χ0) is 17.1. The molecule has 1 amide bonds. The Kier molecular flexibility index (Phi) is 4.86. The summed E-state index contributed by atoms with van der Waals surface area (Å²) in [6.07, 6.45) is 2.15. The van der Waals surface area contributed by atoms with E-state index in [9.17, 15) is 9.59 Å². The molecule has 0 fully saturated rings. The van der Waals surface area contributed by atoms with E-state index < -0.39 is 0 Å². The van der Waals surface area contributed by atoms with E-state index in [0.29, 0.717) is 39.5 Å². The van der Waals surface area contributed by atoms with E-state index in [-0.39, 0.29) is 5.56 Å². The van der Waals surface area contributed by atoms with E-state index in [4.69, 9.17) is 11.6 Å². The number of pyridine rings is 1. The van der Waals surface area contributed by atoms with Crippen LogP contribution < -0.4 is 10.9 Å². The number of nitrogens with one attached hydrogen (secondary N) is 1. The molecule has 0 unspecified atom stereocenters. The van der Waals surface area contributed by atoms with Gasteiger partial charge in [-0.3, -0.25) is 14.2 Å². The highest BCUT2D eigenvalue weighted by Gasteiger charge is 2.20. The lowest BCUT2D eigenvalue weighted by Crippen LogP contribution is -2.25. The largest absolute Gasteiger partial charge is 0.314 e. The lowest BCUT2D eigenvalue weighted by molar-refractivity contribution is -0.105. The quantitative estimate of drug-likeness (QED) is 0.845. The van der Waals surface area contributed by atoms with Crippen LogP contribution in [-0.2, 0) is 11.8 Å². The van der Waals surface area contributed by atoms with Crippen molar-refractivity contribution in [1.82, 2.24) is 4.57 Å². The molecule has 0 bridgehead atoms. The maximum absolute atomic E-state index is 12.6. The van der Waals surface area contributed by atoms with Crippen LogP contribution in [0.5, 0.6) is 0 Å². The van der Waals surface area contributed by atoms with Crippen molar-refractivity contribution in [3.63, 3.8) is 0 Å². The number of anilines is 1. The second kappa shape index (κ2) is 6.67. The predicted octanol–water partition coefficient (Wildman–Crippen LogP) is 3.95. The third-order valence-corrected chi connectivity index (χ3v) is 3.84. The third-order valence-electron chi connectivity index (χ3n) is 3.59. The van der Waals surface area contributed by atoms with Crippen LogP contribution in [0.25, 0.3) is 22.8 Å². The van der Waals surface area contributed by atoms with Crippen LogP contribution in [0.15, 0.2) is 42.2 Å². The molecule has 0 aliphatic heterocycles. The number of allylic oxidation sites excluding steroid dienone is 1. The van der Waals surface area contributed by atoms with Gasteiger partial charge in [0.15, 0.2) is 0 Å². The van der Waals surface area contributed by atoms with Gasteiger partial charge in [0.1, 0.15) is 5.82 Å². The molecule has 23 heavy (non-hydrogen) atoms. The summed E-state index contributed by atoms with van der Waals surface area (Å²) in [4.78, 5) is 23.6. The van der Waals surface area contributed by atoms with E-state index in [1.54, 1.807) is 32.2 Å². The Bertz CT molecular complexity index is 849. The van der Waals surface area contributed by atoms with Crippen LogP contribution in [0.1, 0.15) is 18.1 Å². The van der Waals surface area contributed by atoms with Crippen molar-refractivity contribution >= 4 is 35.5 Å². The standard InChI is InChI=1S/C18H17ClN2O2/c1-5-14-15(11(2)3)18(23)21(4)17(20-10-22)16(14)12-6-8-13(19)9-7-12/h5-10H,1-2H2,3-4H3,(H,20,22). The van der Waals surface area contributed by atoms with Gasteiger partial charge in [0.05, 0.1) is 5.56 Å². The Balaban J connectivity index is 2.99. The van der Waals surface area contributed by atoms with Gasteiger partial charge >= 0.3 is 0 Å². The van der Waals surface area contributed by atoms with Crippen LogP contribution in [0.3, 0.4) is 0 Å². The van der Waals surface area contributed by atoms with Gasteiger partial charge in [-0.1, -0.05) is 43.0 Å². The Morgan fingerprint density at radius 1 is 1.30 bits per heavy atom.